The summed E-state index contributed by atoms with van der Waals surface area (Å²) < 4.78 is 20.0. The molecule has 0 aliphatic carbocycles. The molecular formula is C32H40FNO2. The number of halogens is 1. The number of carbonyl (C=O) groups is 1. The van der Waals surface area contributed by atoms with Crippen LogP contribution in [0.2, 0.25) is 0 Å². The minimum atomic E-state index is -0.683. The van der Waals surface area contributed by atoms with E-state index >= 15 is 0 Å². The third-order valence-electron chi connectivity index (χ3n) is 6.58. The summed E-state index contributed by atoms with van der Waals surface area (Å²) in [6, 6.07) is 16.2. The molecule has 2 aromatic carbocycles. The lowest BCUT2D eigenvalue weighted by atomic mass is 10.0. The number of unbranched alkanes of at least 4 members (excludes halogenated alkanes) is 8. The highest BCUT2D eigenvalue weighted by Crippen LogP contribution is 2.23. The maximum atomic E-state index is 14.6. The van der Waals surface area contributed by atoms with E-state index in [4.69, 9.17) is 4.74 Å². The molecule has 3 nitrogen and oxygen atoms in total. The van der Waals surface area contributed by atoms with E-state index in [0.717, 1.165) is 42.5 Å². The van der Waals surface area contributed by atoms with Gasteiger partial charge in [-0.15, -0.1) is 0 Å². The smallest absolute Gasteiger partial charge is 0.346 e. The lowest BCUT2D eigenvalue weighted by Crippen LogP contribution is -2.11. The molecule has 192 valence electrons. The van der Waals surface area contributed by atoms with Gasteiger partial charge in [0.25, 0.3) is 0 Å². The molecule has 0 aliphatic heterocycles. The summed E-state index contributed by atoms with van der Waals surface area (Å²) in [7, 11) is 0. The quantitative estimate of drug-likeness (QED) is 0.121. The predicted octanol–water partition coefficient (Wildman–Crippen LogP) is 9.13. The number of pyridine rings is 1. The molecule has 4 heteroatoms. The van der Waals surface area contributed by atoms with Gasteiger partial charge in [0, 0.05) is 11.8 Å². The van der Waals surface area contributed by atoms with Crippen LogP contribution >= 0.6 is 0 Å². The van der Waals surface area contributed by atoms with Crippen molar-refractivity contribution < 1.29 is 13.9 Å². The van der Waals surface area contributed by atoms with Crippen LogP contribution in [0.3, 0.4) is 0 Å². The van der Waals surface area contributed by atoms with E-state index in [-0.39, 0.29) is 5.56 Å². The van der Waals surface area contributed by atoms with Crippen LogP contribution in [0.15, 0.2) is 60.8 Å². The van der Waals surface area contributed by atoms with E-state index in [1.807, 2.05) is 30.5 Å². The van der Waals surface area contributed by atoms with Crippen molar-refractivity contribution in [3.8, 4) is 17.0 Å². The van der Waals surface area contributed by atoms with Gasteiger partial charge in [0.05, 0.1) is 11.3 Å². The number of nitrogens with zero attached hydrogens (tertiary/aromatic N) is 1. The number of carbonyl (C=O) groups excluding carboxylic acids is 1. The van der Waals surface area contributed by atoms with Gasteiger partial charge < -0.3 is 4.74 Å². The predicted molar refractivity (Wildman–Crippen MR) is 146 cm³/mol. The first-order valence-electron chi connectivity index (χ1n) is 13.7. The van der Waals surface area contributed by atoms with Gasteiger partial charge in [-0.3, -0.25) is 4.98 Å². The summed E-state index contributed by atoms with van der Waals surface area (Å²) in [4.78, 5) is 17.1. The summed E-state index contributed by atoms with van der Waals surface area (Å²) in [6.07, 6.45) is 16.0. The van der Waals surface area contributed by atoms with E-state index in [1.54, 1.807) is 12.1 Å². The lowest BCUT2D eigenvalue weighted by molar-refractivity contribution is 0.0730. The van der Waals surface area contributed by atoms with Crippen LogP contribution in [0.25, 0.3) is 11.3 Å². The van der Waals surface area contributed by atoms with Crippen molar-refractivity contribution in [3.05, 3.63) is 83.3 Å². The van der Waals surface area contributed by atoms with Crippen LogP contribution in [0.4, 0.5) is 4.39 Å². The number of rotatable bonds is 15. The fourth-order valence-electron chi connectivity index (χ4n) is 4.34. The highest BCUT2D eigenvalue weighted by atomic mass is 19.1. The van der Waals surface area contributed by atoms with Crippen molar-refractivity contribution in [1.82, 2.24) is 4.98 Å². The first-order valence-corrected chi connectivity index (χ1v) is 13.7. The highest BCUT2D eigenvalue weighted by Gasteiger charge is 2.15. The normalized spacial score (nSPS) is 11.0. The maximum Gasteiger partial charge on any atom is 0.346 e. The largest absolute Gasteiger partial charge is 0.423 e. The Morgan fingerprint density at radius 3 is 2.00 bits per heavy atom. The van der Waals surface area contributed by atoms with Crippen molar-refractivity contribution in [2.75, 3.05) is 0 Å². The molecule has 0 atom stereocenters. The standard InChI is InChI=1S/C32H40FNO2/c1-3-5-7-9-10-12-13-25-15-21-29(30(33)23-25)32(35)36-28-19-17-27(18-20-28)31-22-16-26(24-34-31)14-11-8-6-4-2/h15-24H,3-14H2,1-2H3. The second kappa shape index (κ2) is 15.2. The van der Waals surface area contributed by atoms with Gasteiger partial charge in [-0.1, -0.05) is 77.3 Å². The Labute approximate surface area is 216 Å². The molecule has 1 heterocycles. The molecule has 0 N–H and O–H groups in total. The van der Waals surface area contributed by atoms with Crippen molar-refractivity contribution in [2.45, 2.75) is 90.9 Å². The topological polar surface area (TPSA) is 39.2 Å². The third-order valence-corrected chi connectivity index (χ3v) is 6.58. The number of hydrogen-bond donors (Lipinski definition) is 0. The Bertz CT molecular complexity index is 1060. The van der Waals surface area contributed by atoms with Crippen LogP contribution < -0.4 is 4.74 Å². The van der Waals surface area contributed by atoms with Gasteiger partial charge in [-0.25, -0.2) is 9.18 Å². The van der Waals surface area contributed by atoms with Crippen LogP contribution in [-0.2, 0) is 12.8 Å². The Kier molecular flexibility index (Phi) is 11.6. The number of hydrogen-bond acceptors (Lipinski definition) is 3. The zero-order valence-corrected chi connectivity index (χ0v) is 21.9. The number of aromatic nitrogens is 1. The van der Waals surface area contributed by atoms with Crippen LogP contribution in [0, 0.1) is 5.82 Å². The van der Waals surface area contributed by atoms with Crippen LogP contribution in [0.1, 0.15) is 99.5 Å². The van der Waals surface area contributed by atoms with E-state index in [0.29, 0.717) is 5.75 Å². The summed E-state index contributed by atoms with van der Waals surface area (Å²) in [5.41, 5.74) is 3.94. The second-order valence-electron chi connectivity index (χ2n) is 9.61. The molecule has 0 amide bonds. The number of benzene rings is 2. The SMILES string of the molecule is CCCCCCCCc1ccc(C(=O)Oc2ccc(-c3ccc(CCCCCC)cn3)cc2)c(F)c1. The molecule has 3 rings (SSSR count). The van der Waals surface area contributed by atoms with E-state index in [1.165, 1.54) is 69.1 Å². The Hall–Kier alpha value is -3.01. The molecule has 0 unspecified atom stereocenters. The summed E-state index contributed by atoms with van der Waals surface area (Å²) in [5.74, 6) is -0.831. The zero-order chi connectivity index (χ0) is 25.6. The van der Waals surface area contributed by atoms with E-state index in [9.17, 15) is 9.18 Å². The molecule has 0 bridgehead atoms. The van der Waals surface area contributed by atoms with E-state index < -0.39 is 11.8 Å². The van der Waals surface area contributed by atoms with Gasteiger partial charge in [-0.2, -0.15) is 0 Å². The Morgan fingerprint density at radius 2 is 1.36 bits per heavy atom. The van der Waals surface area contributed by atoms with Crippen molar-refractivity contribution in [2.24, 2.45) is 0 Å². The minimum absolute atomic E-state index is 0.0398. The number of aryl methyl sites for hydroxylation is 2. The highest BCUT2D eigenvalue weighted by molar-refractivity contribution is 5.91. The third kappa shape index (κ3) is 8.89. The van der Waals surface area contributed by atoms with Crippen LogP contribution in [-0.4, -0.2) is 11.0 Å². The fraction of sp³-hybridized carbons (Fsp3) is 0.438. The molecule has 0 saturated heterocycles. The van der Waals surface area contributed by atoms with Crippen LogP contribution in [0.5, 0.6) is 5.75 Å². The molecular weight excluding hydrogens is 449 g/mol. The zero-order valence-electron chi connectivity index (χ0n) is 21.9. The maximum absolute atomic E-state index is 14.6. The van der Waals surface area contributed by atoms with Gasteiger partial charge in [0.2, 0.25) is 0 Å². The minimum Gasteiger partial charge on any atom is -0.423 e. The molecule has 0 spiro atoms. The molecule has 3 aromatic rings. The fourth-order valence-corrected chi connectivity index (χ4v) is 4.34. The summed E-state index contributed by atoms with van der Waals surface area (Å²) >= 11 is 0. The number of esters is 1. The van der Waals surface area contributed by atoms with Crippen molar-refractivity contribution in [1.29, 1.82) is 0 Å². The van der Waals surface area contributed by atoms with Gasteiger partial charge in [-0.05, 0) is 79.3 Å². The van der Waals surface area contributed by atoms with Gasteiger partial charge in [0.1, 0.15) is 11.6 Å². The number of ether oxygens (including phenoxy) is 1. The van der Waals surface area contributed by atoms with Gasteiger partial charge >= 0.3 is 5.97 Å². The molecule has 36 heavy (non-hydrogen) atoms. The molecule has 0 aliphatic rings. The lowest BCUT2D eigenvalue weighted by Gasteiger charge is -2.08. The summed E-state index contributed by atoms with van der Waals surface area (Å²) in [5, 5.41) is 0. The Morgan fingerprint density at radius 1 is 0.750 bits per heavy atom. The molecule has 0 fully saturated rings. The van der Waals surface area contributed by atoms with Crippen molar-refractivity contribution >= 4 is 5.97 Å². The average molecular weight is 490 g/mol. The van der Waals surface area contributed by atoms with Gasteiger partial charge in [0.15, 0.2) is 0 Å². The average Bonchev–Trinajstić information content (AvgIpc) is 2.89. The second-order valence-corrected chi connectivity index (χ2v) is 9.61. The Balaban J connectivity index is 1.51. The first kappa shape index (κ1) is 27.6. The monoisotopic (exact) mass is 489 g/mol. The molecule has 1 aromatic heterocycles. The van der Waals surface area contributed by atoms with Crippen molar-refractivity contribution in [3.63, 3.8) is 0 Å². The summed E-state index contributed by atoms with van der Waals surface area (Å²) in [6.45, 7) is 4.42. The van der Waals surface area contributed by atoms with E-state index in [2.05, 4.69) is 24.9 Å². The molecule has 0 radical (unpaired) electrons. The molecule has 0 saturated carbocycles. The first-order chi connectivity index (χ1) is 17.6.